The Morgan fingerprint density at radius 3 is 2.41 bits per heavy atom. The van der Waals surface area contributed by atoms with Gasteiger partial charge in [-0.15, -0.1) is 0 Å². The van der Waals surface area contributed by atoms with Crippen molar-refractivity contribution in [2.45, 2.75) is 24.5 Å². The third-order valence-electron chi connectivity index (χ3n) is 6.29. The summed E-state index contributed by atoms with van der Waals surface area (Å²) in [6.45, 7) is 0.941. The number of amides is 2. The third-order valence-corrected chi connectivity index (χ3v) is 7.09. The molecule has 0 N–H and O–H groups in total. The second-order valence-corrected chi connectivity index (χ2v) is 8.42. The normalized spacial score (nSPS) is 29.8. The molecule has 0 spiro atoms. The van der Waals surface area contributed by atoms with Gasteiger partial charge >= 0.3 is 6.09 Å². The smallest absolute Gasteiger partial charge is 0.411 e. The van der Waals surface area contributed by atoms with Crippen LogP contribution in [-0.2, 0) is 16.0 Å². The standard InChI is InChI=1S/C23H21IN2O3/c24-12-17-13-25-20(18(17)11-15-7-3-1-4-8-15)21(22(25)27)26-19(14-29-23(26)28)16-9-5-2-6-10-16/h1-10,12,18-21H,11,13-14H2/b17-12+/t18-,19-,20-,21+/m1/s1. The minimum absolute atomic E-state index is 0.000541. The summed E-state index contributed by atoms with van der Waals surface area (Å²) in [5.41, 5.74) is 3.52. The fourth-order valence-electron chi connectivity index (χ4n) is 4.90. The molecular formula is C23H21IN2O3. The summed E-state index contributed by atoms with van der Waals surface area (Å²) in [4.78, 5) is 29.3. The van der Waals surface area contributed by atoms with E-state index in [0.29, 0.717) is 6.54 Å². The molecule has 0 bridgehead atoms. The highest BCUT2D eigenvalue weighted by Gasteiger charge is 2.61. The Morgan fingerprint density at radius 2 is 1.72 bits per heavy atom. The van der Waals surface area contributed by atoms with Gasteiger partial charge in [-0.2, -0.15) is 0 Å². The van der Waals surface area contributed by atoms with Crippen LogP contribution in [0.25, 0.3) is 0 Å². The zero-order valence-electron chi connectivity index (χ0n) is 15.8. The predicted molar refractivity (Wildman–Crippen MR) is 117 cm³/mol. The first-order valence-corrected chi connectivity index (χ1v) is 11.1. The van der Waals surface area contributed by atoms with E-state index in [1.54, 1.807) is 4.90 Å². The number of cyclic esters (lactones) is 1. The lowest BCUT2D eigenvalue weighted by Crippen LogP contribution is -2.70. The maximum Gasteiger partial charge on any atom is 0.411 e. The van der Waals surface area contributed by atoms with E-state index in [0.717, 1.165) is 12.0 Å². The lowest BCUT2D eigenvalue weighted by atomic mass is 9.81. The zero-order chi connectivity index (χ0) is 20.0. The number of nitrogens with zero attached hydrogens (tertiary/aromatic N) is 2. The van der Waals surface area contributed by atoms with Crippen molar-refractivity contribution in [1.82, 2.24) is 9.80 Å². The summed E-state index contributed by atoms with van der Waals surface area (Å²) < 4.78 is 7.50. The largest absolute Gasteiger partial charge is 0.447 e. The number of carbonyl (C=O) groups is 2. The number of ether oxygens (including phenoxy) is 1. The molecule has 0 radical (unpaired) electrons. The molecule has 0 saturated carbocycles. The molecule has 2 amide bonds. The maximum atomic E-state index is 13.1. The molecule has 3 aliphatic rings. The van der Waals surface area contributed by atoms with Crippen molar-refractivity contribution in [3.8, 4) is 0 Å². The van der Waals surface area contributed by atoms with Crippen LogP contribution in [0.4, 0.5) is 4.79 Å². The van der Waals surface area contributed by atoms with E-state index < -0.39 is 6.04 Å². The van der Waals surface area contributed by atoms with Crippen molar-refractivity contribution in [2.75, 3.05) is 13.2 Å². The van der Waals surface area contributed by atoms with Gasteiger partial charge in [-0.1, -0.05) is 83.3 Å². The van der Waals surface area contributed by atoms with Gasteiger partial charge < -0.3 is 9.64 Å². The first-order chi connectivity index (χ1) is 14.2. The second kappa shape index (κ2) is 7.48. The lowest BCUT2D eigenvalue weighted by Gasteiger charge is -2.49. The lowest BCUT2D eigenvalue weighted by molar-refractivity contribution is -0.155. The number of carbonyl (C=O) groups excluding carboxylic acids is 2. The molecule has 3 saturated heterocycles. The van der Waals surface area contributed by atoms with Crippen LogP contribution in [0.5, 0.6) is 0 Å². The number of benzene rings is 2. The summed E-state index contributed by atoms with van der Waals surface area (Å²) in [5.74, 6) is 0.239. The number of β-lactam (4-membered cyclic amide) rings is 1. The molecular weight excluding hydrogens is 479 g/mol. The van der Waals surface area contributed by atoms with E-state index in [1.165, 1.54) is 11.1 Å². The molecule has 0 aliphatic carbocycles. The highest BCUT2D eigenvalue weighted by atomic mass is 127. The van der Waals surface area contributed by atoms with Crippen LogP contribution >= 0.6 is 22.6 Å². The number of hydrogen-bond acceptors (Lipinski definition) is 3. The number of fused-ring (bicyclic) bond motifs is 1. The molecule has 3 fully saturated rings. The molecule has 3 heterocycles. The Labute approximate surface area is 183 Å². The average Bonchev–Trinajstić information content (AvgIpc) is 3.28. The van der Waals surface area contributed by atoms with Crippen LogP contribution in [-0.4, -0.2) is 47.0 Å². The first-order valence-electron chi connectivity index (χ1n) is 9.82. The van der Waals surface area contributed by atoms with Crippen molar-refractivity contribution in [3.63, 3.8) is 0 Å². The summed E-state index contributed by atoms with van der Waals surface area (Å²) in [5, 5.41) is 0. The Balaban J connectivity index is 1.47. The third kappa shape index (κ3) is 3.04. The molecule has 29 heavy (non-hydrogen) atoms. The molecule has 6 heteroatoms. The fraction of sp³-hybridized carbons (Fsp3) is 0.304. The van der Waals surface area contributed by atoms with E-state index in [2.05, 4.69) is 38.8 Å². The topological polar surface area (TPSA) is 49.9 Å². The van der Waals surface area contributed by atoms with Gasteiger partial charge in [-0.25, -0.2) is 4.79 Å². The Bertz CT molecular complexity index is 963. The Morgan fingerprint density at radius 1 is 1.03 bits per heavy atom. The molecule has 2 aromatic rings. The van der Waals surface area contributed by atoms with Crippen LogP contribution in [0.15, 0.2) is 70.3 Å². The van der Waals surface area contributed by atoms with E-state index in [1.807, 2.05) is 53.4 Å². The summed E-state index contributed by atoms with van der Waals surface area (Å²) in [7, 11) is 0. The Kier molecular flexibility index (Phi) is 4.81. The SMILES string of the molecule is O=C1[C@@H](N2C(=O)OC[C@@H]2c2ccccc2)[C@H]2[C@H](Cc3ccccc3)/C(=C/I)CN12. The highest BCUT2D eigenvalue weighted by Crippen LogP contribution is 2.46. The van der Waals surface area contributed by atoms with Crippen molar-refractivity contribution in [2.24, 2.45) is 5.92 Å². The van der Waals surface area contributed by atoms with Crippen LogP contribution in [0, 0.1) is 5.92 Å². The van der Waals surface area contributed by atoms with Gasteiger partial charge in [0.2, 0.25) is 5.91 Å². The number of hydrogen-bond donors (Lipinski definition) is 0. The van der Waals surface area contributed by atoms with Crippen molar-refractivity contribution in [1.29, 1.82) is 0 Å². The molecule has 5 nitrogen and oxygen atoms in total. The first kappa shape index (κ1) is 18.7. The van der Waals surface area contributed by atoms with E-state index in [-0.39, 0.29) is 36.6 Å². The quantitative estimate of drug-likeness (QED) is 0.472. The fourth-order valence-corrected chi connectivity index (χ4v) is 5.55. The summed E-state index contributed by atoms with van der Waals surface area (Å²) in [6, 6.07) is 19.5. The predicted octanol–water partition coefficient (Wildman–Crippen LogP) is 3.95. The van der Waals surface area contributed by atoms with Gasteiger partial charge in [0.05, 0.1) is 12.1 Å². The van der Waals surface area contributed by atoms with E-state index in [4.69, 9.17) is 4.74 Å². The van der Waals surface area contributed by atoms with Crippen LogP contribution < -0.4 is 0 Å². The summed E-state index contributed by atoms with van der Waals surface area (Å²) >= 11 is 2.27. The molecule has 0 unspecified atom stereocenters. The Hall–Kier alpha value is -2.35. The molecule has 0 aromatic heterocycles. The number of rotatable bonds is 4. The highest BCUT2D eigenvalue weighted by molar-refractivity contribution is 14.1. The molecule has 2 aromatic carbocycles. The molecule has 5 rings (SSSR count). The van der Waals surface area contributed by atoms with Gasteiger partial charge in [-0.3, -0.25) is 9.69 Å². The second-order valence-electron chi connectivity index (χ2n) is 7.79. The van der Waals surface area contributed by atoms with Crippen LogP contribution in [0.2, 0.25) is 0 Å². The molecule has 3 aliphatic heterocycles. The van der Waals surface area contributed by atoms with Gasteiger partial charge in [0.1, 0.15) is 12.6 Å². The van der Waals surface area contributed by atoms with Crippen molar-refractivity contribution in [3.05, 3.63) is 81.4 Å². The molecule has 4 atom stereocenters. The average molecular weight is 500 g/mol. The maximum absolute atomic E-state index is 13.1. The summed E-state index contributed by atoms with van der Waals surface area (Å²) in [6.07, 6.45) is 0.474. The van der Waals surface area contributed by atoms with Gasteiger partial charge in [-0.05, 0) is 27.2 Å². The van der Waals surface area contributed by atoms with E-state index in [9.17, 15) is 9.59 Å². The van der Waals surface area contributed by atoms with Crippen molar-refractivity contribution < 1.29 is 14.3 Å². The van der Waals surface area contributed by atoms with Gasteiger partial charge in [0.25, 0.3) is 0 Å². The van der Waals surface area contributed by atoms with Gasteiger partial charge in [0, 0.05) is 12.5 Å². The van der Waals surface area contributed by atoms with Crippen LogP contribution in [0.1, 0.15) is 17.2 Å². The minimum atomic E-state index is -0.460. The van der Waals surface area contributed by atoms with Gasteiger partial charge in [0.15, 0.2) is 0 Å². The monoisotopic (exact) mass is 500 g/mol. The molecule has 148 valence electrons. The number of halogens is 1. The van der Waals surface area contributed by atoms with Crippen molar-refractivity contribution >= 4 is 34.6 Å². The minimum Gasteiger partial charge on any atom is -0.447 e. The zero-order valence-corrected chi connectivity index (χ0v) is 17.9. The van der Waals surface area contributed by atoms with Crippen LogP contribution in [0.3, 0.4) is 0 Å². The van der Waals surface area contributed by atoms with E-state index >= 15 is 0 Å².